The molecule has 0 aliphatic carbocycles. The number of oxazole rings is 1. The van der Waals surface area contributed by atoms with E-state index in [9.17, 15) is 39.9 Å². The van der Waals surface area contributed by atoms with E-state index >= 15 is 0 Å². The molecule has 1 aromatic heterocycles. The number of carboxylic acid groups (broad SMARTS) is 1. The number of nitrogens with one attached hydrogen (secondary N) is 3. The topological polar surface area (TPSA) is 224 Å². The number of rotatable bonds is 11. The van der Waals surface area contributed by atoms with Crippen molar-refractivity contribution in [2.45, 2.75) is 49.7 Å². The van der Waals surface area contributed by atoms with Gasteiger partial charge < -0.3 is 45.3 Å². The van der Waals surface area contributed by atoms with Crippen LogP contribution in [-0.4, -0.2) is 91.6 Å². The first-order valence-electron chi connectivity index (χ1n) is 12.9. The predicted octanol–water partition coefficient (Wildman–Crippen LogP) is 0.750. The summed E-state index contributed by atoms with van der Waals surface area (Å²) in [7, 11) is 0. The molecule has 1 aliphatic rings. The van der Waals surface area contributed by atoms with Crippen LogP contribution in [0.3, 0.4) is 0 Å². The summed E-state index contributed by atoms with van der Waals surface area (Å²) >= 11 is 12.3. The third-order valence-electron chi connectivity index (χ3n) is 6.56. The van der Waals surface area contributed by atoms with Gasteiger partial charge in [0.25, 0.3) is 5.91 Å². The van der Waals surface area contributed by atoms with Gasteiger partial charge in [0.15, 0.2) is 18.2 Å². The van der Waals surface area contributed by atoms with Crippen LogP contribution in [0.4, 0.5) is 5.69 Å². The van der Waals surface area contributed by atoms with Crippen molar-refractivity contribution in [3.63, 3.8) is 0 Å². The highest BCUT2D eigenvalue weighted by Crippen LogP contribution is 2.31. The molecular weight excluding hydrogens is 611 g/mol. The third kappa shape index (κ3) is 7.87. The van der Waals surface area contributed by atoms with Crippen LogP contribution in [0.15, 0.2) is 53.1 Å². The minimum absolute atomic E-state index is 0.0464. The van der Waals surface area contributed by atoms with Crippen LogP contribution in [0.2, 0.25) is 10.0 Å². The lowest BCUT2D eigenvalue weighted by atomic mass is 9.98. The number of carbonyl (C=O) groups excluding carboxylic acids is 2. The lowest BCUT2D eigenvalue weighted by Crippen LogP contribution is -2.61. The summed E-state index contributed by atoms with van der Waals surface area (Å²) in [6.45, 7) is -0.230. The molecule has 2 heterocycles. The highest BCUT2D eigenvalue weighted by atomic mass is 35.5. The number of carboxylic acids is 1. The second-order valence-corrected chi connectivity index (χ2v) is 10.4. The van der Waals surface area contributed by atoms with E-state index in [4.69, 9.17) is 32.4 Å². The summed E-state index contributed by atoms with van der Waals surface area (Å²) in [5, 5.41) is 57.5. The molecule has 8 N–H and O–H groups in total. The molecule has 230 valence electrons. The number of ether oxygens (including phenoxy) is 1. The van der Waals surface area contributed by atoms with Gasteiger partial charge in [0.1, 0.15) is 18.3 Å². The molecular formula is C27H28Cl2N4O10. The van der Waals surface area contributed by atoms with Gasteiger partial charge in [-0.1, -0.05) is 35.3 Å². The molecule has 14 nitrogen and oxygen atoms in total. The highest BCUT2D eigenvalue weighted by Gasteiger charge is 2.46. The maximum atomic E-state index is 13.2. The van der Waals surface area contributed by atoms with Gasteiger partial charge in [-0.25, -0.2) is 9.78 Å². The van der Waals surface area contributed by atoms with Crippen molar-refractivity contribution >= 4 is 46.7 Å². The van der Waals surface area contributed by atoms with E-state index in [0.717, 1.165) is 0 Å². The Bertz CT molecular complexity index is 1470. The van der Waals surface area contributed by atoms with E-state index in [1.807, 2.05) is 0 Å². The Morgan fingerprint density at radius 1 is 1.00 bits per heavy atom. The van der Waals surface area contributed by atoms with E-state index < -0.39 is 54.5 Å². The second-order valence-electron chi connectivity index (χ2n) is 9.51. The van der Waals surface area contributed by atoms with Gasteiger partial charge in [-0.3, -0.25) is 14.9 Å². The second kappa shape index (κ2) is 14.2. The fourth-order valence-corrected chi connectivity index (χ4v) is 4.64. The van der Waals surface area contributed by atoms with Crippen LogP contribution >= 0.6 is 23.2 Å². The zero-order chi connectivity index (χ0) is 31.3. The largest absolute Gasteiger partial charge is 0.478 e. The van der Waals surface area contributed by atoms with Crippen molar-refractivity contribution in [3.8, 4) is 11.3 Å². The molecule has 6 atom stereocenters. The van der Waals surface area contributed by atoms with Crippen LogP contribution in [0.5, 0.6) is 0 Å². The van der Waals surface area contributed by atoms with Crippen LogP contribution in [0, 0.1) is 0 Å². The number of aromatic carboxylic acids is 1. The molecule has 2 aromatic carbocycles. The van der Waals surface area contributed by atoms with Gasteiger partial charge in [0.05, 0.1) is 35.1 Å². The number of aromatic nitrogens is 1. The summed E-state index contributed by atoms with van der Waals surface area (Å²) in [4.78, 5) is 41.6. The van der Waals surface area contributed by atoms with Crippen LogP contribution in [0.1, 0.15) is 22.7 Å². The number of halogens is 2. The number of amides is 2. The Balaban J connectivity index is 1.45. The first kappa shape index (κ1) is 32.3. The quantitative estimate of drug-likeness (QED) is 0.146. The van der Waals surface area contributed by atoms with E-state index in [-0.39, 0.29) is 36.7 Å². The van der Waals surface area contributed by atoms with Crippen LogP contribution < -0.4 is 16.0 Å². The first-order valence-corrected chi connectivity index (χ1v) is 13.6. The van der Waals surface area contributed by atoms with Crippen molar-refractivity contribution < 1.29 is 49.1 Å². The normalized spacial score (nSPS) is 22.5. The molecule has 2 amide bonds. The predicted molar refractivity (Wildman–Crippen MR) is 151 cm³/mol. The number of aliphatic hydroxyl groups is 4. The molecule has 1 saturated heterocycles. The summed E-state index contributed by atoms with van der Waals surface area (Å²) in [5.41, 5.74) is 0.413. The number of para-hydroxylation sites is 1. The zero-order valence-electron chi connectivity index (χ0n) is 22.2. The molecule has 0 radical (unpaired) electrons. The number of anilines is 1. The van der Waals surface area contributed by atoms with E-state index in [1.54, 1.807) is 24.3 Å². The maximum absolute atomic E-state index is 13.2. The Kier molecular flexibility index (Phi) is 10.7. The van der Waals surface area contributed by atoms with E-state index in [2.05, 4.69) is 20.9 Å². The van der Waals surface area contributed by atoms with Crippen molar-refractivity contribution in [2.75, 3.05) is 11.9 Å². The fraction of sp³-hybridized carbons (Fsp3) is 0.333. The molecule has 0 saturated carbocycles. The molecule has 43 heavy (non-hydrogen) atoms. The highest BCUT2D eigenvalue weighted by molar-refractivity contribution is 6.35. The molecule has 1 fully saturated rings. The zero-order valence-corrected chi connectivity index (χ0v) is 23.7. The standard InChI is InChI=1S/C27H28Cl2N4O10/c28-12-5-6-15(29)14(9-12)18-10-32-19(42-18)11-31-17(24(37)33-16-4-2-1-3-13(16)26(39)40)7-8-30-25(38)23-21(35)20(34)22(36)27(41)43-23/h1-6,9-10,17,20-23,27,31,34-36,41H,7-8,11H2,(H,30,38)(H,33,37)(H,39,40). The number of nitrogens with zero attached hydrogens (tertiary/aromatic N) is 1. The van der Waals surface area contributed by atoms with Gasteiger partial charge in [-0.05, 0) is 36.8 Å². The third-order valence-corrected chi connectivity index (χ3v) is 7.12. The van der Waals surface area contributed by atoms with Crippen molar-refractivity contribution in [1.29, 1.82) is 0 Å². The Morgan fingerprint density at radius 2 is 1.74 bits per heavy atom. The lowest BCUT2D eigenvalue weighted by Gasteiger charge is -2.37. The van der Waals surface area contributed by atoms with Crippen molar-refractivity contribution in [3.05, 3.63) is 70.2 Å². The fourth-order valence-electron chi connectivity index (χ4n) is 4.26. The molecule has 0 spiro atoms. The molecule has 6 unspecified atom stereocenters. The average molecular weight is 639 g/mol. The van der Waals surface area contributed by atoms with Gasteiger partial charge in [0.2, 0.25) is 11.8 Å². The van der Waals surface area contributed by atoms with E-state index in [0.29, 0.717) is 21.4 Å². The van der Waals surface area contributed by atoms with Gasteiger partial charge >= 0.3 is 5.97 Å². The summed E-state index contributed by atoms with van der Waals surface area (Å²) in [6, 6.07) is 9.58. The number of hydrogen-bond acceptors (Lipinski definition) is 11. The summed E-state index contributed by atoms with van der Waals surface area (Å²) < 4.78 is 10.7. The molecule has 0 bridgehead atoms. The minimum atomic E-state index is -1.91. The van der Waals surface area contributed by atoms with Crippen LogP contribution in [0.25, 0.3) is 11.3 Å². The van der Waals surface area contributed by atoms with Crippen molar-refractivity contribution in [1.82, 2.24) is 15.6 Å². The summed E-state index contributed by atoms with van der Waals surface area (Å²) in [6.07, 6.45) is -7.69. The number of benzene rings is 2. The molecule has 1 aliphatic heterocycles. The van der Waals surface area contributed by atoms with Gasteiger partial charge in [-0.2, -0.15) is 0 Å². The SMILES string of the molecule is O=C(O)c1ccccc1NC(=O)C(CCNC(=O)C1OC(O)C(O)C(O)C1O)NCc1ncc(-c2cc(Cl)ccc2Cl)o1. The molecule has 4 rings (SSSR count). The molecule has 16 heteroatoms. The first-order chi connectivity index (χ1) is 20.5. The Morgan fingerprint density at radius 3 is 2.49 bits per heavy atom. The Hall–Kier alpha value is -3.60. The summed E-state index contributed by atoms with van der Waals surface area (Å²) in [5.74, 6) is -2.30. The monoisotopic (exact) mass is 638 g/mol. The number of aliphatic hydroxyl groups excluding tert-OH is 4. The minimum Gasteiger partial charge on any atom is -0.478 e. The van der Waals surface area contributed by atoms with Crippen molar-refractivity contribution in [2.24, 2.45) is 0 Å². The maximum Gasteiger partial charge on any atom is 0.337 e. The lowest BCUT2D eigenvalue weighted by molar-refractivity contribution is -0.275. The molecule has 3 aromatic rings. The number of hydrogen-bond donors (Lipinski definition) is 8. The average Bonchev–Trinajstić information content (AvgIpc) is 3.45. The Labute approximate surface area is 254 Å². The van der Waals surface area contributed by atoms with E-state index in [1.165, 1.54) is 24.4 Å². The number of carbonyl (C=O) groups is 3. The van der Waals surface area contributed by atoms with Crippen LogP contribution in [-0.2, 0) is 20.9 Å². The smallest absolute Gasteiger partial charge is 0.337 e. The van der Waals surface area contributed by atoms with Gasteiger partial charge in [0, 0.05) is 17.1 Å². The van der Waals surface area contributed by atoms with Gasteiger partial charge in [-0.15, -0.1) is 0 Å².